The molecule has 0 aliphatic carbocycles. The molecule has 1 aliphatic heterocycles. The van der Waals surface area contributed by atoms with Crippen molar-refractivity contribution in [3.8, 4) is 17.2 Å². The van der Waals surface area contributed by atoms with E-state index in [1.54, 1.807) is 48.5 Å². The summed E-state index contributed by atoms with van der Waals surface area (Å²) < 4.78 is 42.3. The maximum Gasteiger partial charge on any atom is 0.232 e. The average Bonchev–Trinajstić information content (AvgIpc) is 2.75. The molecule has 31 heavy (non-hydrogen) atoms. The smallest absolute Gasteiger partial charge is 0.232 e. The van der Waals surface area contributed by atoms with E-state index < -0.39 is 10.0 Å². The van der Waals surface area contributed by atoms with Crippen molar-refractivity contribution in [2.24, 2.45) is 0 Å². The van der Waals surface area contributed by atoms with Gasteiger partial charge in [0.05, 0.1) is 11.9 Å². The van der Waals surface area contributed by atoms with Gasteiger partial charge in [0.2, 0.25) is 15.9 Å². The molecule has 0 spiro atoms. The molecule has 8 nitrogen and oxygen atoms in total. The Morgan fingerprint density at radius 1 is 1.16 bits per heavy atom. The molecule has 1 N–H and O–H groups in total. The molecule has 1 aliphatic rings. The molecule has 166 valence electrons. The van der Waals surface area contributed by atoms with Gasteiger partial charge in [0.15, 0.2) is 11.5 Å². The van der Waals surface area contributed by atoms with E-state index in [4.69, 9.17) is 14.2 Å². The zero-order valence-corrected chi connectivity index (χ0v) is 18.2. The quantitative estimate of drug-likeness (QED) is 0.563. The minimum Gasteiger partial charge on any atom is -0.490 e. The van der Waals surface area contributed by atoms with E-state index in [9.17, 15) is 13.2 Å². The second-order valence-electron chi connectivity index (χ2n) is 6.94. The van der Waals surface area contributed by atoms with Crippen molar-refractivity contribution < 1.29 is 27.4 Å². The van der Waals surface area contributed by atoms with Crippen molar-refractivity contribution in [1.82, 2.24) is 0 Å². The number of benzene rings is 2. The number of fused-ring (bicyclic) bond motifs is 1. The third-order valence-electron chi connectivity index (χ3n) is 4.49. The van der Waals surface area contributed by atoms with Crippen LogP contribution in [-0.2, 0) is 14.8 Å². The Hall–Kier alpha value is -3.20. The predicted molar refractivity (Wildman–Crippen MR) is 120 cm³/mol. The fraction of sp³-hybridized carbons (Fsp3) is 0.318. The lowest BCUT2D eigenvalue weighted by Gasteiger charge is -2.25. The predicted octanol–water partition coefficient (Wildman–Crippen LogP) is 3.21. The van der Waals surface area contributed by atoms with Gasteiger partial charge in [0, 0.05) is 24.7 Å². The van der Waals surface area contributed by atoms with Gasteiger partial charge in [-0.2, -0.15) is 0 Å². The largest absolute Gasteiger partial charge is 0.490 e. The monoisotopic (exact) mass is 446 g/mol. The van der Waals surface area contributed by atoms with E-state index in [-0.39, 0.29) is 18.9 Å². The number of carbonyl (C=O) groups is 1. The van der Waals surface area contributed by atoms with E-state index in [0.29, 0.717) is 54.9 Å². The van der Waals surface area contributed by atoms with Crippen LogP contribution in [0.5, 0.6) is 17.2 Å². The fourth-order valence-corrected chi connectivity index (χ4v) is 4.03. The Kier molecular flexibility index (Phi) is 7.41. The van der Waals surface area contributed by atoms with Crippen LogP contribution in [0.1, 0.15) is 12.8 Å². The molecule has 9 heteroatoms. The van der Waals surface area contributed by atoms with Crippen molar-refractivity contribution in [2.45, 2.75) is 12.8 Å². The topological polar surface area (TPSA) is 94.2 Å². The normalized spacial score (nSPS) is 12.7. The highest BCUT2D eigenvalue weighted by atomic mass is 32.2. The Bertz CT molecular complexity index is 1020. The minimum absolute atomic E-state index is 0.167. The van der Waals surface area contributed by atoms with Crippen LogP contribution in [0.2, 0.25) is 0 Å². The minimum atomic E-state index is -3.53. The van der Waals surface area contributed by atoms with E-state index in [1.165, 1.54) is 4.31 Å². The molecule has 0 atom stereocenters. The third kappa shape index (κ3) is 6.39. The molecule has 0 saturated carbocycles. The van der Waals surface area contributed by atoms with E-state index in [1.807, 2.05) is 0 Å². The van der Waals surface area contributed by atoms with Crippen molar-refractivity contribution >= 4 is 27.3 Å². The Balaban J connectivity index is 1.56. The molecule has 0 bridgehead atoms. The van der Waals surface area contributed by atoms with E-state index in [0.717, 1.165) is 6.26 Å². The molecule has 0 aromatic heterocycles. The lowest BCUT2D eigenvalue weighted by molar-refractivity contribution is -0.116. The molecule has 0 fully saturated rings. The van der Waals surface area contributed by atoms with Crippen molar-refractivity contribution in [1.29, 1.82) is 0 Å². The Morgan fingerprint density at radius 2 is 1.87 bits per heavy atom. The van der Waals surface area contributed by atoms with Gasteiger partial charge < -0.3 is 19.5 Å². The van der Waals surface area contributed by atoms with E-state index in [2.05, 4.69) is 11.9 Å². The first-order valence-corrected chi connectivity index (χ1v) is 11.7. The molecular formula is C22H26N2O6S. The number of anilines is 2. The summed E-state index contributed by atoms with van der Waals surface area (Å²) in [6, 6.07) is 12.0. The summed E-state index contributed by atoms with van der Waals surface area (Å²) in [5.74, 6) is 1.58. The van der Waals surface area contributed by atoms with E-state index >= 15 is 0 Å². The third-order valence-corrected chi connectivity index (χ3v) is 5.68. The number of hydrogen-bond donors (Lipinski definition) is 1. The first-order valence-electron chi connectivity index (χ1n) is 9.88. The van der Waals surface area contributed by atoms with Gasteiger partial charge in [-0.1, -0.05) is 12.7 Å². The molecule has 0 unspecified atom stereocenters. The number of carbonyl (C=O) groups excluding carboxylic acids is 1. The fourth-order valence-electron chi connectivity index (χ4n) is 3.07. The van der Waals surface area contributed by atoms with Gasteiger partial charge in [-0.15, -0.1) is 0 Å². The summed E-state index contributed by atoms with van der Waals surface area (Å²) in [7, 11) is -3.53. The zero-order chi connectivity index (χ0) is 22.3. The van der Waals surface area contributed by atoms with Crippen LogP contribution < -0.4 is 23.8 Å². The van der Waals surface area contributed by atoms with Crippen molar-refractivity contribution in [3.05, 3.63) is 55.1 Å². The molecule has 2 aromatic rings. The number of rotatable bonds is 10. The standard InChI is InChI=1S/C22H26N2O6S/c1-3-13-28-19-9-6-17(7-10-19)23-22(25)5-4-12-24(31(2,26)27)18-8-11-20-21(16-18)30-15-14-29-20/h3,6-11,16H,1,4-5,12-15H2,2H3,(H,23,25). The second-order valence-corrected chi connectivity index (χ2v) is 8.85. The van der Waals surface area contributed by atoms with Gasteiger partial charge in [-0.05, 0) is 42.8 Å². The Labute approximate surface area is 182 Å². The number of nitrogens with one attached hydrogen (secondary N) is 1. The van der Waals surface area contributed by atoms with Crippen LogP contribution >= 0.6 is 0 Å². The summed E-state index contributed by atoms with van der Waals surface area (Å²) in [4.78, 5) is 12.3. The lowest BCUT2D eigenvalue weighted by Crippen LogP contribution is -2.31. The summed E-state index contributed by atoms with van der Waals surface area (Å²) in [5.41, 5.74) is 1.12. The number of amides is 1. The van der Waals surface area contributed by atoms with Crippen LogP contribution in [0.15, 0.2) is 55.1 Å². The van der Waals surface area contributed by atoms with Crippen LogP contribution in [0.4, 0.5) is 11.4 Å². The Morgan fingerprint density at radius 3 is 2.55 bits per heavy atom. The zero-order valence-electron chi connectivity index (χ0n) is 17.4. The SMILES string of the molecule is C=CCOc1ccc(NC(=O)CCCN(c2ccc3c(c2)OCCO3)S(C)(=O)=O)cc1. The molecule has 0 radical (unpaired) electrons. The van der Waals surface area contributed by atoms with Crippen molar-refractivity contribution in [2.75, 3.05) is 42.2 Å². The number of sulfonamides is 1. The molecule has 0 saturated heterocycles. The summed E-state index contributed by atoms with van der Waals surface area (Å²) in [5, 5.41) is 2.80. The summed E-state index contributed by atoms with van der Waals surface area (Å²) in [6.07, 6.45) is 3.32. The van der Waals surface area contributed by atoms with Crippen molar-refractivity contribution in [3.63, 3.8) is 0 Å². The van der Waals surface area contributed by atoms with Crippen LogP contribution in [0, 0.1) is 0 Å². The molecule has 1 amide bonds. The lowest BCUT2D eigenvalue weighted by atomic mass is 10.2. The number of hydrogen-bond acceptors (Lipinski definition) is 6. The van der Waals surface area contributed by atoms with Gasteiger partial charge in [0.25, 0.3) is 0 Å². The molecule has 2 aromatic carbocycles. The number of ether oxygens (including phenoxy) is 3. The van der Waals surface area contributed by atoms with Gasteiger partial charge in [-0.25, -0.2) is 8.42 Å². The van der Waals surface area contributed by atoms with Gasteiger partial charge in [-0.3, -0.25) is 9.10 Å². The number of nitrogens with zero attached hydrogens (tertiary/aromatic N) is 1. The molecular weight excluding hydrogens is 420 g/mol. The van der Waals surface area contributed by atoms with Crippen LogP contribution in [-0.4, -0.2) is 46.9 Å². The second kappa shape index (κ2) is 10.2. The van der Waals surface area contributed by atoms with Crippen LogP contribution in [0.25, 0.3) is 0 Å². The van der Waals surface area contributed by atoms with Crippen LogP contribution in [0.3, 0.4) is 0 Å². The summed E-state index contributed by atoms with van der Waals surface area (Å²) in [6.45, 7) is 5.04. The van der Waals surface area contributed by atoms with Gasteiger partial charge >= 0.3 is 0 Å². The first kappa shape index (κ1) is 22.5. The highest BCUT2D eigenvalue weighted by Crippen LogP contribution is 2.34. The van der Waals surface area contributed by atoms with Gasteiger partial charge in [0.1, 0.15) is 25.6 Å². The maximum atomic E-state index is 12.3. The summed E-state index contributed by atoms with van der Waals surface area (Å²) >= 11 is 0. The maximum absolute atomic E-state index is 12.3. The molecule has 3 rings (SSSR count). The average molecular weight is 447 g/mol. The highest BCUT2D eigenvalue weighted by molar-refractivity contribution is 7.92. The highest BCUT2D eigenvalue weighted by Gasteiger charge is 2.21. The first-order chi connectivity index (χ1) is 14.9. The molecule has 1 heterocycles.